The minimum absolute atomic E-state index is 0.0197. The Morgan fingerprint density at radius 3 is 2.39 bits per heavy atom. The summed E-state index contributed by atoms with van der Waals surface area (Å²) in [5.74, 6) is 6.13. The number of carboxylic acids is 1. The van der Waals surface area contributed by atoms with Crippen LogP contribution in [0.4, 0.5) is 5.69 Å². The SMILES string of the molecule is CC(C)(C)C#Cc1cc(N(C(=O)[C@H]2CC[C@H](C)CC2)[C@H]2CC[C@@H](Sc3cncs3)CC2)c(C(=O)O)s1. The molecule has 2 aromatic heterocycles. The molecule has 2 aliphatic rings. The average Bonchev–Trinajstić information content (AvgIpc) is 3.49. The molecule has 2 fully saturated rings. The van der Waals surface area contributed by atoms with Gasteiger partial charge in [-0.3, -0.25) is 9.78 Å². The number of thiophene rings is 1. The first-order chi connectivity index (χ1) is 17.1. The van der Waals surface area contributed by atoms with Gasteiger partial charge in [-0.1, -0.05) is 18.8 Å². The lowest BCUT2D eigenvalue weighted by Gasteiger charge is -2.39. The third-order valence-electron chi connectivity index (χ3n) is 7.03. The summed E-state index contributed by atoms with van der Waals surface area (Å²) in [6.45, 7) is 8.36. The van der Waals surface area contributed by atoms with Crippen LogP contribution in [0.25, 0.3) is 0 Å². The fraction of sp³-hybridized carbons (Fsp3) is 0.607. The van der Waals surface area contributed by atoms with E-state index >= 15 is 0 Å². The smallest absolute Gasteiger partial charge is 0.348 e. The van der Waals surface area contributed by atoms with Gasteiger partial charge in [0.25, 0.3) is 0 Å². The van der Waals surface area contributed by atoms with Crippen molar-refractivity contribution in [3.63, 3.8) is 0 Å². The van der Waals surface area contributed by atoms with Crippen LogP contribution in [-0.4, -0.2) is 33.3 Å². The topological polar surface area (TPSA) is 70.5 Å². The molecule has 0 atom stereocenters. The largest absolute Gasteiger partial charge is 0.477 e. The number of hydrogen-bond acceptors (Lipinski definition) is 6. The predicted octanol–water partition coefficient (Wildman–Crippen LogP) is 7.56. The van der Waals surface area contributed by atoms with Crippen LogP contribution >= 0.6 is 34.4 Å². The Morgan fingerprint density at radius 2 is 1.81 bits per heavy atom. The van der Waals surface area contributed by atoms with Crippen LogP contribution < -0.4 is 4.90 Å². The molecule has 0 unspecified atom stereocenters. The quantitative estimate of drug-likeness (QED) is 0.380. The minimum Gasteiger partial charge on any atom is -0.477 e. The van der Waals surface area contributed by atoms with Crippen LogP contribution in [0.5, 0.6) is 0 Å². The Hall–Kier alpha value is -1.82. The van der Waals surface area contributed by atoms with Crippen LogP contribution in [0.15, 0.2) is 22.0 Å². The molecule has 0 aliphatic heterocycles. The van der Waals surface area contributed by atoms with Gasteiger partial charge < -0.3 is 10.0 Å². The van der Waals surface area contributed by atoms with E-state index in [1.54, 1.807) is 11.3 Å². The number of thiazole rings is 1. The highest BCUT2D eigenvalue weighted by Crippen LogP contribution is 2.41. The van der Waals surface area contributed by atoms with Gasteiger partial charge in [-0.05, 0) is 84.1 Å². The van der Waals surface area contributed by atoms with Gasteiger partial charge in [0.2, 0.25) is 5.91 Å². The fourth-order valence-electron chi connectivity index (χ4n) is 5.07. The van der Waals surface area contributed by atoms with Crippen molar-refractivity contribution in [2.24, 2.45) is 17.3 Å². The third kappa shape index (κ3) is 6.93. The van der Waals surface area contributed by atoms with Crippen LogP contribution in [0.2, 0.25) is 0 Å². The number of rotatable bonds is 6. The predicted molar refractivity (Wildman–Crippen MR) is 150 cm³/mol. The van der Waals surface area contributed by atoms with Gasteiger partial charge in [0.1, 0.15) is 4.88 Å². The molecule has 2 aromatic rings. The number of hydrogen-bond donors (Lipinski definition) is 1. The number of aromatic nitrogens is 1. The molecule has 2 saturated carbocycles. The summed E-state index contributed by atoms with van der Waals surface area (Å²) in [5.41, 5.74) is 2.23. The number of anilines is 1. The molecule has 2 heterocycles. The summed E-state index contributed by atoms with van der Waals surface area (Å²) in [6, 6.07) is 1.88. The maximum absolute atomic E-state index is 14.0. The molecule has 0 saturated heterocycles. The molecular weight excluding hydrogens is 509 g/mol. The number of carbonyl (C=O) groups is 2. The molecular formula is C28H36N2O3S3. The van der Waals surface area contributed by atoms with Gasteiger partial charge in [0.15, 0.2) is 0 Å². The number of aromatic carboxylic acids is 1. The molecule has 36 heavy (non-hydrogen) atoms. The fourth-order valence-corrected chi connectivity index (χ4v) is 7.98. The van der Waals surface area contributed by atoms with E-state index in [2.05, 4.69) is 23.7 Å². The van der Waals surface area contributed by atoms with Crippen molar-refractivity contribution in [1.82, 2.24) is 4.98 Å². The summed E-state index contributed by atoms with van der Waals surface area (Å²) in [6.07, 6.45) is 9.56. The van der Waals surface area contributed by atoms with Crippen molar-refractivity contribution in [3.8, 4) is 11.8 Å². The van der Waals surface area contributed by atoms with Crippen molar-refractivity contribution in [2.75, 3.05) is 4.90 Å². The van der Waals surface area contributed by atoms with E-state index < -0.39 is 5.97 Å². The Morgan fingerprint density at radius 1 is 1.11 bits per heavy atom. The average molecular weight is 545 g/mol. The molecule has 4 rings (SSSR count). The van der Waals surface area contributed by atoms with Gasteiger partial charge in [0.05, 0.1) is 26.5 Å². The number of carbonyl (C=O) groups excluding carboxylic acids is 1. The lowest BCUT2D eigenvalue weighted by Crippen LogP contribution is -2.46. The van der Waals surface area contributed by atoms with E-state index in [0.29, 0.717) is 21.7 Å². The maximum Gasteiger partial charge on any atom is 0.348 e. The molecule has 0 radical (unpaired) electrons. The van der Waals surface area contributed by atoms with Crippen LogP contribution in [-0.2, 0) is 4.79 Å². The van der Waals surface area contributed by atoms with Crippen molar-refractivity contribution in [2.45, 2.75) is 94.6 Å². The van der Waals surface area contributed by atoms with Crippen molar-refractivity contribution in [1.29, 1.82) is 0 Å². The van der Waals surface area contributed by atoms with E-state index in [9.17, 15) is 14.7 Å². The monoisotopic (exact) mass is 544 g/mol. The standard InChI is InChI=1S/C28H36N2O3S3/c1-18-5-7-19(8-6-18)26(31)30(20-9-11-21(12-10-20)35-24-16-29-17-34-24)23-15-22(13-14-28(2,3)4)36-25(23)27(32)33/h15-21H,5-12H2,1-4H3,(H,32,33)/t18-,19-,20-,21+. The molecule has 194 valence electrons. The Bertz CT molecular complexity index is 1110. The summed E-state index contributed by atoms with van der Waals surface area (Å²) >= 11 is 4.74. The molecule has 1 amide bonds. The first-order valence-corrected chi connectivity index (χ1v) is 15.5. The lowest BCUT2D eigenvalue weighted by atomic mass is 9.81. The van der Waals surface area contributed by atoms with E-state index in [1.807, 2.05) is 55.2 Å². The number of thioether (sulfide) groups is 1. The van der Waals surface area contributed by atoms with Gasteiger partial charge >= 0.3 is 5.97 Å². The van der Waals surface area contributed by atoms with Crippen LogP contribution in [0, 0.1) is 29.1 Å². The first kappa shape index (κ1) is 27.2. The normalized spacial score (nSPS) is 24.6. The number of amides is 1. The summed E-state index contributed by atoms with van der Waals surface area (Å²) in [4.78, 5) is 33.4. The summed E-state index contributed by atoms with van der Waals surface area (Å²) < 4.78 is 1.23. The molecule has 1 N–H and O–H groups in total. The van der Waals surface area contributed by atoms with Crippen LogP contribution in [0.1, 0.15) is 93.6 Å². The summed E-state index contributed by atoms with van der Waals surface area (Å²) in [7, 11) is 0. The Balaban J connectivity index is 1.62. The van der Waals surface area contributed by atoms with Gasteiger partial charge in [0, 0.05) is 22.6 Å². The van der Waals surface area contributed by atoms with Crippen molar-refractivity contribution >= 4 is 52.0 Å². The highest BCUT2D eigenvalue weighted by molar-refractivity contribution is 8.01. The van der Waals surface area contributed by atoms with E-state index in [-0.39, 0.29) is 28.2 Å². The second-order valence-corrected chi connectivity index (χ2v) is 14.7. The Kier molecular flexibility index (Phi) is 8.85. The number of carboxylic acid groups (broad SMARTS) is 1. The molecule has 0 bridgehead atoms. The van der Waals surface area contributed by atoms with Crippen LogP contribution in [0.3, 0.4) is 0 Å². The maximum atomic E-state index is 14.0. The summed E-state index contributed by atoms with van der Waals surface area (Å²) in [5, 5.41) is 10.6. The number of nitrogens with zero attached hydrogens (tertiary/aromatic N) is 2. The van der Waals surface area contributed by atoms with Gasteiger partial charge in [-0.25, -0.2) is 4.79 Å². The molecule has 2 aliphatic carbocycles. The zero-order valence-electron chi connectivity index (χ0n) is 21.6. The third-order valence-corrected chi connectivity index (χ3v) is 10.3. The zero-order chi connectivity index (χ0) is 25.9. The highest BCUT2D eigenvalue weighted by atomic mass is 32.2. The van der Waals surface area contributed by atoms with E-state index in [1.165, 1.54) is 15.5 Å². The molecule has 5 nitrogen and oxygen atoms in total. The van der Waals surface area contributed by atoms with Crippen molar-refractivity contribution < 1.29 is 14.7 Å². The second kappa shape index (κ2) is 11.7. The second-order valence-electron chi connectivity index (χ2n) is 11.2. The lowest BCUT2D eigenvalue weighted by molar-refractivity contribution is -0.124. The molecule has 0 aromatic carbocycles. The highest BCUT2D eigenvalue weighted by Gasteiger charge is 2.37. The zero-order valence-corrected chi connectivity index (χ0v) is 24.0. The van der Waals surface area contributed by atoms with Gasteiger partial charge in [-0.2, -0.15) is 0 Å². The van der Waals surface area contributed by atoms with E-state index in [4.69, 9.17) is 0 Å². The van der Waals surface area contributed by atoms with E-state index in [0.717, 1.165) is 51.4 Å². The van der Waals surface area contributed by atoms with Gasteiger partial charge in [-0.15, -0.1) is 34.4 Å². The minimum atomic E-state index is -0.983. The van der Waals surface area contributed by atoms with Crippen molar-refractivity contribution in [3.05, 3.63) is 27.5 Å². The Labute approximate surface area is 227 Å². The molecule has 8 heteroatoms. The first-order valence-electron chi connectivity index (χ1n) is 12.9. The molecule has 0 spiro atoms.